The Morgan fingerprint density at radius 3 is 2.80 bits per heavy atom. The number of aryl methyl sites for hydroxylation is 1. The number of fused-ring (bicyclic) bond motifs is 2. The summed E-state index contributed by atoms with van der Waals surface area (Å²) < 4.78 is 7.77. The molecule has 1 fully saturated rings. The molecule has 1 aromatic heterocycles. The van der Waals surface area contributed by atoms with Crippen molar-refractivity contribution in [2.24, 2.45) is 13.0 Å². The molecule has 5 nitrogen and oxygen atoms in total. The molecule has 1 aliphatic heterocycles. The zero-order chi connectivity index (χ0) is 20.5. The van der Waals surface area contributed by atoms with Gasteiger partial charge in [0.25, 0.3) is 0 Å². The lowest BCUT2D eigenvalue weighted by Crippen LogP contribution is -2.36. The molecule has 1 saturated carbocycles. The summed E-state index contributed by atoms with van der Waals surface area (Å²) in [5.74, 6) is 2.34. The zero-order valence-corrected chi connectivity index (χ0v) is 17.6. The van der Waals surface area contributed by atoms with E-state index in [2.05, 4.69) is 28.8 Å². The first-order valence-electron chi connectivity index (χ1n) is 11.1. The predicted octanol–water partition coefficient (Wildman–Crippen LogP) is 4.62. The van der Waals surface area contributed by atoms with Crippen molar-refractivity contribution >= 4 is 16.9 Å². The molecule has 0 saturated heterocycles. The summed E-state index contributed by atoms with van der Waals surface area (Å²) >= 11 is 0. The molecule has 0 spiro atoms. The van der Waals surface area contributed by atoms with E-state index in [1.54, 1.807) is 0 Å². The number of aromatic nitrogens is 2. The number of carbonyl (C=O) groups is 1. The van der Waals surface area contributed by atoms with Gasteiger partial charge in [0, 0.05) is 25.9 Å². The molecular formula is C25H29N3O2. The lowest BCUT2D eigenvalue weighted by molar-refractivity contribution is -0.138. The first kappa shape index (κ1) is 19.2. The SMILES string of the molecule is Cn1c(CN(Cc2ccc3c(c2)CCO3)C(=O)C2CCCCC2)nc2ccccc21. The van der Waals surface area contributed by atoms with Gasteiger partial charge in [0.2, 0.25) is 5.91 Å². The smallest absolute Gasteiger partial charge is 0.226 e. The van der Waals surface area contributed by atoms with Crippen LogP contribution < -0.4 is 4.74 Å². The van der Waals surface area contributed by atoms with Crippen LogP contribution in [-0.2, 0) is 31.4 Å². The van der Waals surface area contributed by atoms with Crippen molar-refractivity contribution in [2.45, 2.75) is 51.6 Å². The minimum Gasteiger partial charge on any atom is -0.493 e. The molecule has 30 heavy (non-hydrogen) atoms. The highest BCUT2D eigenvalue weighted by Gasteiger charge is 2.27. The molecule has 156 valence electrons. The Morgan fingerprint density at radius 2 is 1.97 bits per heavy atom. The van der Waals surface area contributed by atoms with Crippen LogP contribution in [0.5, 0.6) is 5.75 Å². The summed E-state index contributed by atoms with van der Waals surface area (Å²) in [5, 5.41) is 0. The van der Waals surface area contributed by atoms with Crippen LogP contribution in [0, 0.1) is 5.92 Å². The molecule has 0 radical (unpaired) electrons. The topological polar surface area (TPSA) is 47.4 Å². The van der Waals surface area contributed by atoms with E-state index in [9.17, 15) is 4.79 Å². The number of nitrogens with zero attached hydrogens (tertiary/aromatic N) is 3. The number of benzene rings is 2. The fourth-order valence-electron chi connectivity index (χ4n) is 4.89. The number of rotatable bonds is 5. The van der Waals surface area contributed by atoms with Crippen LogP contribution in [0.4, 0.5) is 0 Å². The number of hydrogen-bond acceptors (Lipinski definition) is 3. The van der Waals surface area contributed by atoms with E-state index in [-0.39, 0.29) is 11.8 Å². The van der Waals surface area contributed by atoms with Crippen molar-refractivity contribution in [2.75, 3.05) is 6.61 Å². The van der Waals surface area contributed by atoms with Crippen molar-refractivity contribution < 1.29 is 9.53 Å². The minimum atomic E-state index is 0.145. The van der Waals surface area contributed by atoms with Crippen LogP contribution in [0.1, 0.15) is 49.1 Å². The van der Waals surface area contributed by atoms with Crippen molar-refractivity contribution in [3.8, 4) is 5.75 Å². The van der Waals surface area contributed by atoms with Gasteiger partial charge in [-0.2, -0.15) is 0 Å². The van der Waals surface area contributed by atoms with E-state index in [1.807, 2.05) is 30.1 Å². The van der Waals surface area contributed by atoms with E-state index in [1.165, 1.54) is 17.5 Å². The molecule has 2 heterocycles. The summed E-state index contributed by atoms with van der Waals surface area (Å²) in [6.45, 7) is 1.91. The molecule has 1 amide bonds. The third-order valence-electron chi connectivity index (χ3n) is 6.61. The Bertz CT molecular complexity index is 1070. The van der Waals surface area contributed by atoms with E-state index >= 15 is 0 Å². The molecule has 3 aromatic rings. The van der Waals surface area contributed by atoms with Gasteiger partial charge in [-0.05, 0) is 42.2 Å². The minimum absolute atomic E-state index is 0.145. The predicted molar refractivity (Wildman–Crippen MR) is 117 cm³/mol. The van der Waals surface area contributed by atoms with E-state index in [4.69, 9.17) is 9.72 Å². The van der Waals surface area contributed by atoms with Crippen LogP contribution in [0.3, 0.4) is 0 Å². The van der Waals surface area contributed by atoms with Crippen LogP contribution in [0.2, 0.25) is 0 Å². The Morgan fingerprint density at radius 1 is 1.13 bits per heavy atom. The van der Waals surface area contributed by atoms with Gasteiger partial charge in [-0.25, -0.2) is 4.98 Å². The molecule has 0 bridgehead atoms. The zero-order valence-electron chi connectivity index (χ0n) is 17.6. The Kier molecular flexibility index (Phi) is 5.19. The highest BCUT2D eigenvalue weighted by Crippen LogP contribution is 2.29. The van der Waals surface area contributed by atoms with Gasteiger partial charge in [-0.15, -0.1) is 0 Å². The van der Waals surface area contributed by atoms with Crippen molar-refractivity contribution in [1.82, 2.24) is 14.5 Å². The standard InChI is InChI=1S/C25H29N3O2/c1-27-22-10-6-5-9-21(22)26-24(27)17-28(25(29)19-7-3-2-4-8-19)16-18-11-12-23-20(15-18)13-14-30-23/h5-6,9-12,15,19H,2-4,7-8,13-14,16-17H2,1H3. The van der Waals surface area contributed by atoms with Gasteiger partial charge >= 0.3 is 0 Å². The summed E-state index contributed by atoms with van der Waals surface area (Å²) in [7, 11) is 2.04. The van der Waals surface area contributed by atoms with Gasteiger partial charge in [-0.1, -0.05) is 43.5 Å². The molecule has 0 atom stereocenters. The molecular weight excluding hydrogens is 374 g/mol. The van der Waals surface area contributed by atoms with Crippen molar-refractivity contribution in [1.29, 1.82) is 0 Å². The second-order valence-corrected chi connectivity index (χ2v) is 8.65. The highest BCUT2D eigenvalue weighted by molar-refractivity contribution is 5.79. The lowest BCUT2D eigenvalue weighted by Gasteiger charge is -2.29. The van der Waals surface area contributed by atoms with Crippen molar-refractivity contribution in [3.05, 3.63) is 59.4 Å². The molecule has 2 aliphatic rings. The maximum atomic E-state index is 13.5. The average molecular weight is 404 g/mol. The summed E-state index contributed by atoms with van der Waals surface area (Å²) in [5.41, 5.74) is 4.50. The lowest BCUT2D eigenvalue weighted by atomic mass is 9.88. The second-order valence-electron chi connectivity index (χ2n) is 8.65. The van der Waals surface area contributed by atoms with Gasteiger partial charge in [0.05, 0.1) is 24.2 Å². The van der Waals surface area contributed by atoms with E-state index in [0.29, 0.717) is 13.1 Å². The number of para-hydroxylation sites is 2. The summed E-state index contributed by atoms with van der Waals surface area (Å²) in [6, 6.07) is 14.5. The monoisotopic (exact) mass is 403 g/mol. The first-order valence-corrected chi connectivity index (χ1v) is 11.1. The largest absolute Gasteiger partial charge is 0.493 e. The average Bonchev–Trinajstić information content (AvgIpc) is 3.38. The van der Waals surface area contributed by atoms with Gasteiger partial charge in [0.1, 0.15) is 11.6 Å². The van der Waals surface area contributed by atoms with Gasteiger partial charge in [-0.3, -0.25) is 4.79 Å². The Balaban J connectivity index is 1.44. The van der Waals surface area contributed by atoms with Crippen LogP contribution in [0.15, 0.2) is 42.5 Å². The molecule has 5 heteroatoms. The maximum absolute atomic E-state index is 13.5. The normalized spacial score (nSPS) is 16.4. The molecule has 2 aromatic carbocycles. The number of ether oxygens (including phenoxy) is 1. The van der Waals surface area contributed by atoms with Gasteiger partial charge in [0.15, 0.2) is 0 Å². The maximum Gasteiger partial charge on any atom is 0.226 e. The van der Waals surface area contributed by atoms with Crippen molar-refractivity contribution in [3.63, 3.8) is 0 Å². The third-order valence-corrected chi connectivity index (χ3v) is 6.61. The van der Waals surface area contributed by atoms with Crippen LogP contribution >= 0.6 is 0 Å². The molecule has 5 rings (SSSR count). The Labute approximate surface area is 177 Å². The quantitative estimate of drug-likeness (QED) is 0.625. The van der Waals surface area contributed by atoms with Gasteiger partial charge < -0.3 is 14.2 Å². The number of imidazole rings is 1. The second kappa shape index (κ2) is 8.13. The van der Waals surface area contributed by atoms with E-state index in [0.717, 1.165) is 61.3 Å². The number of amides is 1. The molecule has 0 N–H and O–H groups in total. The van der Waals surface area contributed by atoms with Crippen LogP contribution in [-0.4, -0.2) is 27.0 Å². The molecule has 1 aliphatic carbocycles. The first-order chi connectivity index (χ1) is 14.7. The fraction of sp³-hybridized carbons (Fsp3) is 0.440. The Hall–Kier alpha value is -2.82. The summed E-state index contributed by atoms with van der Waals surface area (Å²) in [4.78, 5) is 20.4. The number of hydrogen-bond donors (Lipinski definition) is 0. The number of carbonyl (C=O) groups excluding carboxylic acids is 1. The summed E-state index contributed by atoms with van der Waals surface area (Å²) in [6.07, 6.45) is 6.54. The van der Waals surface area contributed by atoms with Crippen LogP contribution in [0.25, 0.3) is 11.0 Å². The van der Waals surface area contributed by atoms with E-state index < -0.39 is 0 Å². The third kappa shape index (κ3) is 3.69. The molecule has 0 unspecified atom stereocenters. The highest BCUT2D eigenvalue weighted by atomic mass is 16.5. The fourth-order valence-corrected chi connectivity index (χ4v) is 4.89.